The number of piperazine rings is 1. The fourth-order valence-electron chi connectivity index (χ4n) is 2.61. The highest BCUT2D eigenvalue weighted by Crippen LogP contribution is 2.17. The molecular formula is C17H26N4O3. The van der Waals surface area contributed by atoms with Gasteiger partial charge in [0.05, 0.1) is 13.2 Å². The minimum atomic E-state index is -0.0679. The van der Waals surface area contributed by atoms with Gasteiger partial charge in [0, 0.05) is 38.9 Å². The first-order valence-corrected chi connectivity index (χ1v) is 8.51. The Bertz CT molecular complexity index is 557. The molecule has 2 amide bonds. The molecule has 0 spiro atoms. The Hall–Kier alpha value is -2.15. The summed E-state index contributed by atoms with van der Waals surface area (Å²) in [7, 11) is 0. The summed E-state index contributed by atoms with van der Waals surface area (Å²) >= 11 is 0. The number of carbonyl (C=O) groups excluding carboxylic acids is 2. The Balaban J connectivity index is 1.88. The van der Waals surface area contributed by atoms with E-state index in [2.05, 4.69) is 15.2 Å². The van der Waals surface area contributed by atoms with E-state index in [1.54, 1.807) is 23.2 Å². The molecule has 1 aromatic heterocycles. The van der Waals surface area contributed by atoms with Crippen LogP contribution in [0.3, 0.4) is 0 Å². The number of hydrogen-bond donors (Lipinski definition) is 1. The first kappa shape index (κ1) is 18.2. The number of carbonyl (C=O) groups is 2. The molecule has 0 aliphatic carbocycles. The number of nitrogens with one attached hydrogen (secondary N) is 1. The standard InChI is InChI=1S/C17H26N4O3/c1-3-7-18-15(22)13-20-9-11-21(12-10-20)17(23)14-6-5-8-19-16(14)24-4-2/h5-6,8H,3-4,7,9-13H2,1-2H3,(H,18,22). The largest absolute Gasteiger partial charge is 0.477 e. The van der Waals surface area contributed by atoms with Crippen LogP contribution < -0.4 is 10.1 Å². The average molecular weight is 334 g/mol. The van der Waals surface area contributed by atoms with Crippen LogP contribution >= 0.6 is 0 Å². The maximum atomic E-state index is 12.7. The van der Waals surface area contributed by atoms with Crippen molar-refractivity contribution in [3.63, 3.8) is 0 Å². The second kappa shape index (κ2) is 9.22. The number of amides is 2. The zero-order valence-electron chi connectivity index (χ0n) is 14.5. The van der Waals surface area contributed by atoms with Gasteiger partial charge in [-0.3, -0.25) is 14.5 Å². The van der Waals surface area contributed by atoms with Gasteiger partial charge >= 0.3 is 0 Å². The van der Waals surface area contributed by atoms with Crippen molar-refractivity contribution in [1.82, 2.24) is 20.1 Å². The maximum Gasteiger partial charge on any atom is 0.259 e. The van der Waals surface area contributed by atoms with Crippen LogP contribution in [-0.2, 0) is 4.79 Å². The average Bonchev–Trinajstić information content (AvgIpc) is 2.61. The predicted octanol–water partition coefficient (Wildman–Crippen LogP) is 0.764. The lowest BCUT2D eigenvalue weighted by atomic mass is 10.2. The van der Waals surface area contributed by atoms with E-state index in [0.29, 0.717) is 57.3 Å². The van der Waals surface area contributed by atoms with Crippen LogP contribution in [0.25, 0.3) is 0 Å². The molecule has 1 aliphatic rings. The molecule has 1 fully saturated rings. The molecule has 132 valence electrons. The molecule has 2 heterocycles. The highest BCUT2D eigenvalue weighted by molar-refractivity contribution is 5.96. The van der Waals surface area contributed by atoms with Crippen molar-refractivity contribution in [2.75, 3.05) is 45.9 Å². The van der Waals surface area contributed by atoms with Gasteiger partial charge in [-0.1, -0.05) is 6.92 Å². The van der Waals surface area contributed by atoms with Gasteiger partial charge in [-0.15, -0.1) is 0 Å². The number of hydrogen-bond acceptors (Lipinski definition) is 5. The van der Waals surface area contributed by atoms with E-state index >= 15 is 0 Å². The van der Waals surface area contributed by atoms with Crippen molar-refractivity contribution in [3.8, 4) is 5.88 Å². The molecule has 24 heavy (non-hydrogen) atoms. The van der Waals surface area contributed by atoms with Crippen LogP contribution in [0.15, 0.2) is 18.3 Å². The third-order valence-corrected chi connectivity index (χ3v) is 3.88. The number of ether oxygens (including phenoxy) is 1. The van der Waals surface area contributed by atoms with Crippen LogP contribution in [0, 0.1) is 0 Å². The lowest BCUT2D eigenvalue weighted by molar-refractivity contribution is -0.122. The summed E-state index contributed by atoms with van der Waals surface area (Å²) in [5, 5.41) is 2.88. The smallest absolute Gasteiger partial charge is 0.259 e. The van der Waals surface area contributed by atoms with Crippen LogP contribution in [0.1, 0.15) is 30.6 Å². The molecule has 7 heteroatoms. The Morgan fingerprint density at radius 1 is 1.25 bits per heavy atom. The third-order valence-electron chi connectivity index (χ3n) is 3.88. The van der Waals surface area contributed by atoms with E-state index < -0.39 is 0 Å². The van der Waals surface area contributed by atoms with Gasteiger partial charge in [0.1, 0.15) is 5.56 Å². The third kappa shape index (κ3) is 4.92. The van der Waals surface area contributed by atoms with E-state index in [1.165, 1.54) is 0 Å². The first-order valence-electron chi connectivity index (χ1n) is 8.51. The minimum Gasteiger partial charge on any atom is -0.477 e. The molecule has 1 N–H and O–H groups in total. The van der Waals surface area contributed by atoms with Crippen molar-refractivity contribution >= 4 is 11.8 Å². The fraction of sp³-hybridized carbons (Fsp3) is 0.588. The van der Waals surface area contributed by atoms with Gasteiger partial charge in [-0.25, -0.2) is 4.98 Å². The molecule has 0 bridgehead atoms. The van der Waals surface area contributed by atoms with Gasteiger partial charge < -0.3 is 15.0 Å². The molecule has 0 atom stereocenters. The summed E-state index contributed by atoms with van der Waals surface area (Å²) in [5.74, 6) is 0.357. The maximum absolute atomic E-state index is 12.7. The van der Waals surface area contributed by atoms with Gasteiger partial charge in [0.15, 0.2) is 0 Å². The number of aromatic nitrogens is 1. The Labute approximate surface area is 143 Å². The zero-order chi connectivity index (χ0) is 17.4. The van der Waals surface area contributed by atoms with Gasteiger partial charge in [0.2, 0.25) is 11.8 Å². The highest BCUT2D eigenvalue weighted by atomic mass is 16.5. The zero-order valence-corrected chi connectivity index (χ0v) is 14.5. The Kier molecular flexibility index (Phi) is 6.99. The van der Waals surface area contributed by atoms with Gasteiger partial charge in [0.25, 0.3) is 5.91 Å². The minimum absolute atomic E-state index is 0.0440. The molecule has 0 radical (unpaired) electrons. The normalized spacial score (nSPS) is 15.2. The van der Waals surface area contributed by atoms with E-state index in [1.807, 2.05) is 13.8 Å². The van der Waals surface area contributed by atoms with E-state index in [9.17, 15) is 9.59 Å². The van der Waals surface area contributed by atoms with Crippen molar-refractivity contribution in [2.45, 2.75) is 20.3 Å². The van der Waals surface area contributed by atoms with E-state index in [4.69, 9.17) is 4.74 Å². The molecule has 1 aliphatic heterocycles. The summed E-state index contributed by atoms with van der Waals surface area (Å²) in [5.41, 5.74) is 0.494. The summed E-state index contributed by atoms with van der Waals surface area (Å²) in [6.07, 6.45) is 2.55. The topological polar surface area (TPSA) is 74.8 Å². The summed E-state index contributed by atoms with van der Waals surface area (Å²) in [4.78, 5) is 32.4. The van der Waals surface area contributed by atoms with Gasteiger partial charge in [-0.2, -0.15) is 0 Å². The van der Waals surface area contributed by atoms with Crippen LogP contribution in [-0.4, -0.2) is 72.5 Å². The molecule has 7 nitrogen and oxygen atoms in total. The number of pyridine rings is 1. The quantitative estimate of drug-likeness (QED) is 0.797. The van der Waals surface area contributed by atoms with E-state index in [-0.39, 0.29) is 11.8 Å². The SMILES string of the molecule is CCCNC(=O)CN1CCN(C(=O)c2cccnc2OCC)CC1. The van der Waals surface area contributed by atoms with Crippen molar-refractivity contribution in [1.29, 1.82) is 0 Å². The van der Waals surface area contributed by atoms with Crippen LogP contribution in [0.2, 0.25) is 0 Å². The molecule has 1 aromatic rings. The molecule has 2 rings (SSSR count). The lowest BCUT2D eigenvalue weighted by Gasteiger charge is -2.34. The summed E-state index contributed by atoms with van der Waals surface area (Å²) < 4.78 is 5.44. The van der Waals surface area contributed by atoms with Crippen LogP contribution in [0.5, 0.6) is 5.88 Å². The molecule has 0 saturated carbocycles. The van der Waals surface area contributed by atoms with Crippen molar-refractivity contribution in [3.05, 3.63) is 23.9 Å². The Morgan fingerprint density at radius 2 is 2.00 bits per heavy atom. The van der Waals surface area contributed by atoms with Crippen molar-refractivity contribution < 1.29 is 14.3 Å². The molecular weight excluding hydrogens is 308 g/mol. The fourth-order valence-corrected chi connectivity index (χ4v) is 2.61. The second-order valence-corrected chi connectivity index (χ2v) is 5.71. The molecule has 0 unspecified atom stereocenters. The summed E-state index contributed by atoms with van der Waals surface area (Å²) in [6, 6.07) is 3.48. The Morgan fingerprint density at radius 3 is 2.67 bits per heavy atom. The van der Waals surface area contributed by atoms with E-state index in [0.717, 1.165) is 6.42 Å². The summed E-state index contributed by atoms with van der Waals surface area (Å²) in [6.45, 7) is 8.03. The number of rotatable bonds is 7. The number of nitrogens with zero attached hydrogens (tertiary/aromatic N) is 3. The lowest BCUT2D eigenvalue weighted by Crippen LogP contribution is -2.51. The van der Waals surface area contributed by atoms with Gasteiger partial charge in [-0.05, 0) is 25.5 Å². The molecule has 0 aromatic carbocycles. The second-order valence-electron chi connectivity index (χ2n) is 5.71. The van der Waals surface area contributed by atoms with Crippen LogP contribution in [0.4, 0.5) is 0 Å². The highest BCUT2D eigenvalue weighted by Gasteiger charge is 2.25. The predicted molar refractivity (Wildman–Crippen MR) is 91.1 cm³/mol. The monoisotopic (exact) mass is 334 g/mol. The molecule has 1 saturated heterocycles. The first-order chi connectivity index (χ1) is 11.7. The van der Waals surface area contributed by atoms with Crippen molar-refractivity contribution in [2.24, 2.45) is 0 Å².